The van der Waals surface area contributed by atoms with Crippen LogP contribution in [-0.4, -0.2) is 5.91 Å². The highest BCUT2D eigenvalue weighted by Gasteiger charge is 2.24. The molecule has 1 aromatic carbocycles. The van der Waals surface area contributed by atoms with Gasteiger partial charge in [-0.15, -0.1) is 0 Å². The van der Waals surface area contributed by atoms with Gasteiger partial charge < -0.3 is 5.32 Å². The van der Waals surface area contributed by atoms with Gasteiger partial charge in [0.05, 0.1) is 17.4 Å². The minimum Gasteiger partial charge on any atom is -0.343 e. The molecular formula is C22H32FN3O. The first-order valence-electron chi connectivity index (χ1n) is 9.57. The summed E-state index contributed by atoms with van der Waals surface area (Å²) in [6.07, 6.45) is 4.41. The van der Waals surface area contributed by atoms with Crippen molar-refractivity contribution < 1.29 is 9.18 Å². The lowest BCUT2D eigenvalue weighted by Crippen LogP contribution is -2.34. The van der Waals surface area contributed by atoms with Gasteiger partial charge in [0, 0.05) is 5.92 Å². The van der Waals surface area contributed by atoms with Gasteiger partial charge in [-0.3, -0.25) is 4.79 Å². The molecule has 0 aliphatic heterocycles. The Morgan fingerprint density at radius 2 is 1.85 bits per heavy atom. The van der Waals surface area contributed by atoms with E-state index in [1.165, 1.54) is 12.1 Å². The largest absolute Gasteiger partial charge is 0.343 e. The number of benzene rings is 1. The van der Waals surface area contributed by atoms with E-state index in [2.05, 4.69) is 36.0 Å². The van der Waals surface area contributed by atoms with E-state index in [-0.39, 0.29) is 17.6 Å². The molecule has 0 saturated carbocycles. The third kappa shape index (κ3) is 7.85. The molecule has 0 heterocycles. The maximum absolute atomic E-state index is 13.4. The zero-order valence-corrected chi connectivity index (χ0v) is 17.1. The lowest BCUT2D eigenvalue weighted by Gasteiger charge is -2.23. The number of carbonyl (C=O) groups is 1. The van der Waals surface area contributed by atoms with E-state index < -0.39 is 6.04 Å². The van der Waals surface area contributed by atoms with Crippen molar-refractivity contribution in [2.75, 3.05) is 0 Å². The Kier molecular flexibility index (Phi) is 9.62. The molecule has 0 aliphatic carbocycles. The summed E-state index contributed by atoms with van der Waals surface area (Å²) < 4.78 is 13.4. The molecule has 5 heteroatoms. The summed E-state index contributed by atoms with van der Waals surface area (Å²) >= 11 is 0. The van der Waals surface area contributed by atoms with Crippen molar-refractivity contribution in [3.05, 3.63) is 59.7 Å². The fraction of sp³-hybridized carbons (Fsp3) is 0.500. The summed E-state index contributed by atoms with van der Waals surface area (Å²) in [6, 6.07) is 5.60. The number of amides is 1. The van der Waals surface area contributed by atoms with Crippen molar-refractivity contribution in [3.63, 3.8) is 0 Å². The maximum atomic E-state index is 13.4. The average Bonchev–Trinajstić information content (AvgIpc) is 2.62. The first-order valence-corrected chi connectivity index (χ1v) is 9.57. The summed E-state index contributed by atoms with van der Waals surface area (Å²) in [6.45, 7) is 13.6. The molecule has 0 fully saturated rings. The Labute approximate surface area is 162 Å². The van der Waals surface area contributed by atoms with E-state index in [1.807, 2.05) is 13.8 Å². The highest BCUT2D eigenvalue weighted by molar-refractivity contribution is 5.79. The van der Waals surface area contributed by atoms with E-state index in [4.69, 9.17) is 0 Å². The molecular weight excluding hydrogens is 341 g/mol. The van der Waals surface area contributed by atoms with Gasteiger partial charge in [0.25, 0.3) is 0 Å². The number of hydrogen-bond donors (Lipinski definition) is 1. The van der Waals surface area contributed by atoms with Crippen LogP contribution in [-0.2, 0) is 4.79 Å². The van der Waals surface area contributed by atoms with Crippen LogP contribution in [0.25, 0.3) is 0 Å². The second kappa shape index (κ2) is 11.4. The van der Waals surface area contributed by atoms with E-state index >= 15 is 0 Å². The Morgan fingerprint density at radius 1 is 1.22 bits per heavy atom. The second-order valence-corrected chi connectivity index (χ2v) is 7.22. The molecule has 1 rings (SSSR count). The van der Waals surface area contributed by atoms with Crippen molar-refractivity contribution in [1.82, 2.24) is 5.32 Å². The lowest BCUT2D eigenvalue weighted by atomic mass is 9.94. The van der Waals surface area contributed by atoms with E-state index in [9.17, 15) is 9.18 Å². The molecule has 4 nitrogen and oxygen atoms in total. The molecule has 2 atom stereocenters. The Bertz CT molecular complexity index is 677. The number of halogens is 1. The molecule has 0 spiro atoms. The van der Waals surface area contributed by atoms with Crippen molar-refractivity contribution in [2.24, 2.45) is 22.1 Å². The van der Waals surface area contributed by atoms with Gasteiger partial charge >= 0.3 is 0 Å². The van der Waals surface area contributed by atoms with Gasteiger partial charge in [0.15, 0.2) is 0 Å². The fourth-order valence-electron chi connectivity index (χ4n) is 2.72. The number of nitrogens with one attached hydrogen (secondary N) is 1. The Balaban J connectivity index is 3.11. The number of azo groups is 1. The van der Waals surface area contributed by atoms with Crippen LogP contribution in [0.3, 0.4) is 0 Å². The standard InChI is InChI=1S/C22H32FN3O/c1-7-17(10-9-15(3)4)22(27)24-21(18-11-13-19(23)14-12-18)20(8-2)26-25-16(5)6/h8,11-15,17,21H,5,7,9-10H2,1-4,6H3,(H,24,27)/b20-8-,26-25-. The molecule has 1 N–H and O–H groups in total. The van der Waals surface area contributed by atoms with E-state index in [1.54, 1.807) is 25.1 Å². The van der Waals surface area contributed by atoms with E-state index in [0.717, 1.165) is 24.8 Å². The molecule has 1 aromatic rings. The highest BCUT2D eigenvalue weighted by Crippen LogP contribution is 2.26. The smallest absolute Gasteiger partial charge is 0.223 e. The van der Waals surface area contributed by atoms with Gasteiger partial charge in [0.2, 0.25) is 5.91 Å². The van der Waals surface area contributed by atoms with Gasteiger partial charge in [-0.1, -0.05) is 52.0 Å². The molecule has 0 radical (unpaired) electrons. The summed E-state index contributed by atoms with van der Waals surface area (Å²) in [7, 11) is 0. The number of rotatable bonds is 10. The molecule has 1 amide bonds. The first kappa shape index (κ1) is 22.7. The Hall–Kier alpha value is -2.30. The first-order chi connectivity index (χ1) is 12.8. The number of allylic oxidation sites excluding steroid dienone is 2. The summed E-state index contributed by atoms with van der Waals surface area (Å²) in [5, 5.41) is 11.3. The van der Waals surface area contributed by atoms with Crippen LogP contribution < -0.4 is 5.32 Å². The summed E-state index contributed by atoms with van der Waals surface area (Å²) in [5.41, 5.74) is 1.93. The molecule has 2 unspecified atom stereocenters. The highest BCUT2D eigenvalue weighted by atomic mass is 19.1. The van der Waals surface area contributed by atoms with Gasteiger partial charge in [0.1, 0.15) is 5.82 Å². The van der Waals surface area contributed by atoms with Crippen LogP contribution in [0.5, 0.6) is 0 Å². The van der Waals surface area contributed by atoms with Crippen molar-refractivity contribution in [2.45, 2.75) is 59.9 Å². The van der Waals surface area contributed by atoms with Gasteiger partial charge in [-0.2, -0.15) is 10.2 Å². The predicted molar refractivity (Wildman–Crippen MR) is 109 cm³/mol. The van der Waals surface area contributed by atoms with Gasteiger partial charge in [-0.05, 0) is 50.3 Å². The molecule has 27 heavy (non-hydrogen) atoms. The summed E-state index contributed by atoms with van der Waals surface area (Å²) in [5.74, 6) is 0.150. The van der Waals surface area contributed by atoms with Crippen molar-refractivity contribution >= 4 is 5.91 Å². The molecule has 148 valence electrons. The average molecular weight is 374 g/mol. The number of hydrogen-bond acceptors (Lipinski definition) is 3. The van der Waals surface area contributed by atoms with E-state index in [0.29, 0.717) is 17.3 Å². The molecule has 0 saturated heterocycles. The number of nitrogens with zero attached hydrogens (tertiary/aromatic N) is 2. The lowest BCUT2D eigenvalue weighted by molar-refractivity contribution is -0.126. The zero-order chi connectivity index (χ0) is 20.4. The maximum Gasteiger partial charge on any atom is 0.223 e. The monoisotopic (exact) mass is 373 g/mol. The Morgan fingerprint density at radius 3 is 2.33 bits per heavy atom. The normalized spacial score (nSPS) is 14.4. The SMILES string of the molecule is C=C(C)/N=N\C(=C/C)C(NC(=O)C(CC)CCC(C)C)c1ccc(F)cc1. The van der Waals surface area contributed by atoms with Crippen LogP contribution in [0.2, 0.25) is 0 Å². The fourth-order valence-corrected chi connectivity index (χ4v) is 2.72. The third-order valence-corrected chi connectivity index (χ3v) is 4.37. The predicted octanol–water partition coefficient (Wildman–Crippen LogP) is 6.34. The van der Waals surface area contributed by atoms with Crippen LogP contribution >= 0.6 is 0 Å². The van der Waals surface area contributed by atoms with Crippen LogP contribution in [0.4, 0.5) is 4.39 Å². The summed E-state index contributed by atoms with van der Waals surface area (Å²) in [4.78, 5) is 12.9. The topological polar surface area (TPSA) is 53.8 Å². The van der Waals surface area contributed by atoms with Gasteiger partial charge in [-0.25, -0.2) is 4.39 Å². The molecule has 0 aromatic heterocycles. The minimum atomic E-state index is -0.487. The third-order valence-electron chi connectivity index (χ3n) is 4.37. The molecule has 0 bridgehead atoms. The van der Waals surface area contributed by atoms with Crippen LogP contribution in [0.1, 0.15) is 65.5 Å². The zero-order valence-electron chi connectivity index (χ0n) is 17.1. The molecule has 0 aliphatic rings. The van der Waals surface area contributed by atoms with Crippen LogP contribution in [0, 0.1) is 17.7 Å². The second-order valence-electron chi connectivity index (χ2n) is 7.22. The van der Waals surface area contributed by atoms with Crippen LogP contribution in [0.15, 0.2) is 58.5 Å². The minimum absolute atomic E-state index is 0.0163. The number of carbonyl (C=O) groups excluding carboxylic acids is 1. The van der Waals surface area contributed by atoms with Crippen molar-refractivity contribution in [1.29, 1.82) is 0 Å². The van der Waals surface area contributed by atoms with Crippen molar-refractivity contribution in [3.8, 4) is 0 Å². The quantitative estimate of drug-likeness (QED) is 0.478.